The van der Waals surface area contributed by atoms with Crippen LogP contribution in [0, 0.1) is 6.07 Å². The molecular weight excluding hydrogens is 287 g/mol. The van der Waals surface area contributed by atoms with Gasteiger partial charge in [-0.05, 0) is 12.1 Å². The summed E-state index contributed by atoms with van der Waals surface area (Å²) < 4.78 is 59.4. The van der Waals surface area contributed by atoms with Crippen LogP contribution in [0.25, 0.3) is 0 Å². The van der Waals surface area contributed by atoms with Gasteiger partial charge < -0.3 is 0 Å². The first-order chi connectivity index (χ1) is 6.38. The fourth-order valence-electron chi connectivity index (χ4n) is 0.521. The molecule has 15 heavy (non-hydrogen) atoms. The first-order valence-electron chi connectivity index (χ1n) is 3.42. The quantitative estimate of drug-likeness (QED) is 0.558. The minimum absolute atomic E-state index is 0.826. The molecule has 1 aromatic carbocycles. The van der Waals surface area contributed by atoms with Crippen molar-refractivity contribution in [1.82, 2.24) is 0 Å². The van der Waals surface area contributed by atoms with E-state index in [0.29, 0.717) is 0 Å². The van der Waals surface area contributed by atoms with Gasteiger partial charge >= 0.3 is 41.0 Å². The summed E-state index contributed by atoms with van der Waals surface area (Å²) in [6, 6.07) is 11.6. The van der Waals surface area contributed by atoms with E-state index in [1.807, 2.05) is 30.3 Å². The van der Waals surface area contributed by atoms with Gasteiger partial charge in [0.15, 0.2) is 0 Å². The maximum atomic E-state index is 9.91. The van der Waals surface area contributed by atoms with Crippen LogP contribution >= 0.6 is 0 Å². The smallest absolute Gasteiger partial charge is 0.0958 e. The van der Waals surface area contributed by atoms with Crippen molar-refractivity contribution in [3.8, 4) is 6.07 Å². The Morgan fingerprint density at radius 3 is 1.40 bits per heavy atom. The first-order valence-corrected chi connectivity index (χ1v) is 7.68. The fraction of sp³-hybridized carbons (Fsp3) is 0. The van der Waals surface area contributed by atoms with Crippen LogP contribution in [0.1, 0.15) is 5.56 Å². The Morgan fingerprint density at radius 2 is 1.20 bits per heavy atom. The first kappa shape index (κ1) is 13.8. The molecule has 0 atom stereocenters. The zero-order chi connectivity index (χ0) is 12.2. The molecule has 0 radical (unpaired) electrons. The predicted molar refractivity (Wildman–Crippen MR) is 42.8 cm³/mol. The number of nitrogens with one attached hydrogen (secondary N) is 1. The van der Waals surface area contributed by atoms with Gasteiger partial charge in [-0.1, -0.05) is 23.5 Å². The molecule has 8 heteroatoms. The van der Waals surface area contributed by atoms with E-state index in [1.165, 1.54) is 0 Å². The van der Waals surface area contributed by atoms with Gasteiger partial charge in [0.05, 0.1) is 0 Å². The molecule has 0 spiro atoms. The van der Waals surface area contributed by atoms with Crippen molar-refractivity contribution in [3.05, 3.63) is 35.9 Å². The molecule has 86 valence electrons. The van der Waals surface area contributed by atoms with E-state index in [0.717, 1.165) is 5.56 Å². The summed E-state index contributed by atoms with van der Waals surface area (Å²) >= 11 is -11.1. The third kappa shape index (κ3) is 19.3. The summed E-state index contributed by atoms with van der Waals surface area (Å²) in [5.74, 6) is 0. The van der Waals surface area contributed by atoms with E-state index in [-0.39, 0.29) is 0 Å². The number of rotatable bonds is 0. The van der Waals surface area contributed by atoms with E-state index >= 15 is 0 Å². The summed E-state index contributed by atoms with van der Waals surface area (Å²) in [5, 5.41) is 6.69. The van der Waals surface area contributed by atoms with Crippen molar-refractivity contribution in [2.75, 3.05) is 0 Å². The topological polar surface area (TPSA) is 23.8 Å². The fourth-order valence-corrected chi connectivity index (χ4v) is 0.521. The van der Waals surface area contributed by atoms with Crippen molar-refractivity contribution in [2.45, 2.75) is 0 Å². The van der Waals surface area contributed by atoms with E-state index in [2.05, 4.69) is 6.07 Å². The summed E-state index contributed by atoms with van der Waals surface area (Å²) in [6.07, 6.45) is 0. The van der Waals surface area contributed by atoms with E-state index in [9.17, 15) is 20.8 Å². The molecule has 1 N–H and O–H groups in total. The minimum atomic E-state index is -11.1. The van der Waals surface area contributed by atoms with Crippen molar-refractivity contribution in [1.29, 1.82) is 0 Å². The van der Waals surface area contributed by atoms with Crippen LogP contribution in [0.5, 0.6) is 0 Å². The van der Waals surface area contributed by atoms with Gasteiger partial charge in [0.25, 0.3) is 0 Å². The molecule has 0 amide bonds. The van der Waals surface area contributed by atoms with Crippen LogP contribution in [0.15, 0.2) is 30.3 Å². The van der Waals surface area contributed by atoms with Gasteiger partial charge in [0.2, 0.25) is 0 Å². The third-order valence-electron chi connectivity index (χ3n) is 0.918. The van der Waals surface area contributed by atoms with Crippen molar-refractivity contribution >= 4 is 14.2 Å². The molecule has 1 nitrogen and oxygen atoms in total. The average molecular weight is 293 g/mol. The molecule has 0 aliphatic carbocycles. The van der Waals surface area contributed by atoms with Gasteiger partial charge in [0, 0.05) is 0 Å². The van der Waals surface area contributed by atoms with Crippen LogP contribution < -0.4 is 5.26 Å². The Kier molecular flexibility index (Phi) is 3.19. The standard InChI is InChI=1S/C7H5N.AsF6/c8-6-7-4-2-1-3-5-7;2-1(3,4,5,6)7/h1-5H;/q;-1/p+1. The molecule has 0 unspecified atom stereocenters. The summed E-state index contributed by atoms with van der Waals surface area (Å²) in [5.41, 5.74) is 0.826. The normalized spacial score (nSPS) is 15.0. The number of hydrogen-bond acceptors (Lipinski definition) is 0. The van der Waals surface area contributed by atoms with Gasteiger partial charge in [-0.2, -0.15) is 0 Å². The maximum Gasteiger partial charge on any atom is 0.308 e. The van der Waals surface area contributed by atoms with E-state index < -0.39 is 14.2 Å². The Balaban J connectivity index is 0.000000265. The molecule has 0 heterocycles. The largest absolute Gasteiger partial charge is 0.308 e. The van der Waals surface area contributed by atoms with Gasteiger partial charge in [-0.25, -0.2) is 0 Å². The number of hydrogen-bond donors (Lipinski definition) is 1. The minimum Gasteiger partial charge on any atom is -0.0958 e. The van der Waals surface area contributed by atoms with E-state index in [4.69, 9.17) is 5.26 Å². The molecular formula is C7H6AsF6N. The third-order valence-corrected chi connectivity index (χ3v) is 0.918. The Morgan fingerprint density at radius 1 is 0.867 bits per heavy atom. The Labute approximate surface area is 82.8 Å². The maximum absolute atomic E-state index is 11.1. The number of benzene rings is 1. The second kappa shape index (κ2) is 3.46. The van der Waals surface area contributed by atoms with Crippen LogP contribution in [0.3, 0.4) is 0 Å². The van der Waals surface area contributed by atoms with Crippen LogP contribution in [0.2, 0.25) is 0 Å². The zero-order valence-corrected chi connectivity index (χ0v) is 8.98. The molecule has 0 saturated heterocycles. The molecule has 0 bridgehead atoms. The summed E-state index contributed by atoms with van der Waals surface area (Å²) in [7, 11) is 0. The molecule has 0 aromatic heterocycles. The molecule has 0 saturated carbocycles. The second-order valence-corrected chi connectivity index (χ2v) is 6.47. The van der Waals surface area contributed by atoms with Gasteiger partial charge in [-0.15, -0.1) is 0 Å². The van der Waals surface area contributed by atoms with Crippen molar-refractivity contribution in [2.24, 2.45) is 0 Å². The number of halogens is 6. The average Bonchev–Trinajstić information content (AvgIpc) is 2.00. The van der Waals surface area contributed by atoms with Gasteiger partial charge in [-0.3, -0.25) is 0 Å². The van der Waals surface area contributed by atoms with Crippen LogP contribution in [-0.2, 0) is 0 Å². The molecule has 0 aliphatic heterocycles. The molecule has 0 aliphatic rings. The molecule has 1 aromatic rings. The van der Waals surface area contributed by atoms with Crippen LogP contribution in [-0.4, -0.2) is 14.2 Å². The monoisotopic (exact) mass is 293 g/mol. The molecule has 1 rings (SSSR count). The summed E-state index contributed by atoms with van der Waals surface area (Å²) in [6.45, 7) is 0. The summed E-state index contributed by atoms with van der Waals surface area (Å²) in [4.78, 5) is 0. The predicted octanol–water partition coefficient (Wildman–Crippen LogP) is 1.95. The van der Waals surface area contributed by atoms with Crippen molar-refractivity contribution in [3.63, 3.8) is 0 Å². The van der Waals surface area contributed by atoms with Gasteiger partial charge in [0.1, 0.15) is 5.56 Å². The SMILES string of the molecule is F[As-](F)(F)(F)(F)F.[NH+]#Cc1ccccc1. The Hall–Kier alpha value is -1.15. The van der Waals surface area contributed by atoms with E-state index in [1.54, 1.807) is 0 Å². The van der Waals surface area contributed by atoms with Crippen molar-refractivity contribution < 1.29 is 26.1 Å². The second-order valence-electron chi connectivity index (χ2n) is 2.45. The molecule has 0 fully saturated rings. The zero-order valence-electron chi connectivity index (χ0n) is 7.10. The van der Waals surface area contributed by atoms with Crippen LogP contribution in [0.4, 0.5) is 20.8 Å². The Bertz CT molecular complexity index is 349.